The molecule has 1 fully saturated rings. The Morgan fingerprint density at radius 3 is 2.53 bits per heavy atom. The van der Waals surface area contributed by atoms with Crippen LogP contribution in [0.1, 0.15) is 34.3 Å². The Bertz CT molecular complexity index is 569. The van der Waals surface area contributed by atoms with Gasteiger partial charge in [0.1, 0.15) is 4.88 Å². The molecule has 0 spiro atoms. The van der Waals surface area contributed by atoms with Gasteiger partial charge in [-0.25, -0.2) is 17.9 Å². The maximum atomic E-state index is 12.0. The van der Waals surface area contributed by atoms with Crippen molar-refractivity contribution in [1.29, 1.82) is 0 Å². The van der Waals surface area contributed by atoms with Crippen molar-refractivity contribution >= 4 is 27.3 Å². The van der Waals surface area contributed by atoms with E-state index in [2.05, 4.69) is 4.72 Å². The molecule has 1 aliphatic rings. The summed E-state index contributed by atoms with van der Waals surface area (Å²) in [6.45, 7) is 3.45. The molecule has 0 aromatic carbocycles. The minimum absolute atomic E-state index is 0.0452. The number of rotatable bonds is 4. The van der Waals surface area contributed by atoms with E-state index in [1.807, 2.05) is 6.92 Å². The molecule has 0 atom stereocenters. The summed E-state index contributed by atoms with van der Waals surface area (Å²) >= 11 is 0.977. The van der Waals surface area contributed by atoms with Crippen LogP contribution in [-0.2, 0) is 10.0 Å². The predicted molar refractivity (Wildman–Crippen MR) is 64.0 cm³/mol. The van der Waals surface area contributed by atoms with Crippen LogP contribution in [0.4, 0.5) is 0 Å². The van der Waals surface area contributed by atoms with E-state index in [4.69, 9.17) is 5.11 Å². The Labute approximate surface area is 104 Å². The van der Waals surface area contributed by atoms with Gasteiger partial charge in [0.25, 0.3) is 0 Å². The summed E-state index contributed by atoms with van der Waals surface area (Å²) in [5, 5.41) is 8.83. The van der Waals surface area contributed by atoms with Crippen LogP contribution in [-0.4, -0.2) is 25.0 Å². The van der Waals surface area contributed by atoms with Gasteiger partial charge in [-0.3, -0.25) is 0 Å². The molecular weight excluding hydrogens is 262 g/mol. The van der Waals surface area contributed by atoms with E-state index in [1.165, 1.54) is 6.07 Å². The fourth-order valence-corrected chi connectivity index (χ4v) is 4.40. The molecule has 0 aliphatic heterocycles. The van der Waals surface area contributed by atoms with Gasteiger partial charge in [-0.05, 0) is 32.8 Å². The minimum Gasteiger partial charge on any atom is -0.477 e. The smallest absolute Gasteiger partial charge is 0.345 e. The Morgan fingerprint density at radius 1 is 1.53 bits per heavy atom. The third-order valence-electron chi connectivity index (χ3n) is 2.75. The van der Waals surface area contributed by atoms with Crippen LogP contribution < -0.4 is 4.72 Å². The average molecular weight is 275 g/mol. The second-order valence-electron chi connectivity index (χ2n) is 4.50. The summed E-state index contributed by atoms with van der Waals surface area (Å²) in [5.74, 6) is -1.10. The van der Waals surface area contributed by atoms with E-state index in [-0.39, 0.29) is 15.3 Å². The first-order valence-electron chi connectivity index (χ1n) is 5.11. The van der Waals surface area contributed by atoms with Crippen LogP contribution >= 0.6 is 11.3 Å². The van der Waals surface area contributed by atoms with E-state index in [0.29, 0.717) is 4.88 Å². The molecule has 1 aromatic rings. The Hall–Kier alpha value is -0.920. The summed E-state index contributed by atoms with van der Waals surface area (Å²) in [6, 6.07) is 1.22. The molecule has 5 nitrogen and oxygen atoms in total. The maximum Gasteiger partial charge on any atom is 0.345 e. The number of aromatic carboxylic acids is 1. The highest BCUT2D eigenvalue weighted by molar-refractivity contribution is 7.89. The SMILES string of the molecule is Cc1sc(C(=O)O)cc1S(=O)(=O)NC1(C)CC1. The Balaban J connectivity index is 2.35. The van der Waals surface area contributed by atoms with Gasteiger partial charge in [0.2, 0.25) is 10.0 Å². The fourth-order valence-electron chi connectivity index (χ4n) is 1.51. The molecule has 0 unspecified atom stereocenters. The zero-order valence-electron chi connectivity index (χ0n) is 9.48. The first-order valence-corrected chi connectivity index (χ1v) is 7.41. The van der Waals surface area contributed by atoms with Gasteiger partial charge in [-0.15, -0.1) is 11.3 Å². The largest absolute Gasteiger partial charge is 0.477 e. The van der Waals surface area contributed by atoms with Crippen molar-refractivity contribution in [2.24, 2.45) is 0 Å². The molecule has 0 radical (unpaired) electrons. The van der Waals surface area contributed by atoms with Crippen LogP contribution in [0.25, 0.3) is 0 Å². The standard InChI is InChI=1S/C10H13NO4S2/c1-6-8(5-7(16-6)9(12)13)17(14,15)11-10(2)3-4-10/h5,11H,3-4H2,1-2H3,(H,12,13). The number of sulfonamides is 1. The molecule has 0 amide bonds. The van der Waals surface area contributed by atoms with Crippen molar-refractivity contribution < 1.29 is 18.3 Å². The molecule has 7 heteroatoms. The second-order valence-corrected chi connectivity index (χ2v) is 7.41. The first kappa shape index (κ1) is 12.5. The minimum atomic E-state index is -3.60. The molecule has 0 saturated heterocycles. The Kier molecular flexibility index (Phi) is 2.80. The summed E-state index contributed by atoms with van der Waals surface area (Å²) in [4.78, 5) is 11.4. The van der Waals surface area contributed by atoms with Gasteiger partial charge in [0.15, 0.2) is 0 Å². The maximum absolute atomic E-state index is 12.0. The lowest BCUT2D eigenvalue weighted by molar-refractivity contribution is 0.0702. The quantitative estimate of drug-likeness (QED) is 0.874. The lowest BCUT2D eigenvalue weighted by Gasteiger charge is -2.11. The van der Waals surface area contributed by atoms with Gasteiger partial charge in [-0.2, -0.15) is 0 Å². The number of nitrogens with one attached hydrogen (secondary N) is 1. The number of hydrogen-bond acceptors (Lipinski definition) is 4. The molecule has 17 heavy (non-hydrogen) atoms. The number of carboxylic acids is 1. The molecule has 2 rings (SSSR count). The topological polar surface area (TPSA) is 83.5 Å². The van der Waals surface area contributed by atoms with Crippen molar-refractivity contribution in [2.45, 2.75) is 37.1 Å². The van der Waals surface area contributed by atoms with Gasteiger partial charge < -0.3 is 5.11 Å². The van der Waals surface area contributed by atoms with Gasteiger partial charge in [0.05, 0.1) is 4.90 Å². The normalized spacial score (nSPS) is 18.0. The number of hydrogen-bond donors (Lipinski definition) is 2. The van der Waals surface area contributed by atoms with E-state index >= 15 is 0 Å². The van der Waals surface area contributed by atoms with Crippen molar-refractivity contribution in [3.63, 3.8) is 0 Å². The molecule has 1 aliphatic carbocycles. The Morgan fingerprint density at radius 2 is 2.12 bits per heavy atom. The fraction of sp³-hybridized carbons (Fsp3) is 0.500. The highest BCUT2D eigenvalue weighted by Gasteiger charge is 2.41. The number of thiophene rings is 1. The van der Waals surface area contributed by atoms with Crippen LogP contribution in [0.3, 0.4) is 0 Å². The van der Waals surface area contributed by atoms with E-state index in [9.17, 15) is 13.2 Å². The molecule has 2 N–H and O–H groups in total. The summed E-state index contributed by atoms with van der Waals surface area (Å²) in [6.07, 6.45) is 1.64. The van der Waals surface area contributed by atoms with Crippen LogP contribution in [0.5, 0.6) is 0 Å². The molecule has 94 valence electrons. The molecular formula is C10H13NO4S2. The van der Waals surface area contributed by atoms with E-state index in [0.717, 1.165) is 24.2 Å². The van der Waals surface area contributed by atoms with Crippen molar-refractivity contribution in [3.8, 4) is 0 Å². The lowest BCUT2D eigenvalue weighted by Crippen LogP contribution is -2.34. The third kappa shape index (κ3) is 2.51. The highest BCUT2D eigenvalue weighted by atomic mass is 32.2. The van der Waals surface area contributed by atoms with Crippen molar-refractivity contribution in [2.75, 3.05) is 0 Å². The van der Waals surface area contributed by atoms with Crippen LogP contribution in [0.2, 0.25) is 0 Å². The van der Waals surface area contributed by atoms with Gasteiger partial charge >= 0.3 is 5.97 Å². The number of carbonyl (C=O) groups is 1. The molecule has 0 bridgehead atoms. The molecule has 1 aromatic heterocycles. The average Bonchev–Trinajstić information content (AvgIpc) is 2.75. The summed E-state index contributed by atoms with van der Waals surface area (Å²) < 4.78 is 26.7. The predicted octanol–water partition coefficient (Wildman–Crippen LogP) is 1.59. The summed E-state index contributed by atoms with van der Waals surface area (Å²) in [5.41, 5.74) is -0.351. The summed E-state index contributed by atoms with van der Waals surface area (Å²) in [7, 11) is -3.60. The first-order chi connectivity index (χ1) is 7.73. The number of aryl methyl sites for hydroxylation is 1. The lowest BCUT2D eigenvalue weighted by atomic mass is 10.4. The van der Waals surface area contributed by atoms with E-state index in [1.54, 1.807) is 6.92 Å². The van der Waals surface area contributed by atoms with E-state index < -0.39 is 16.0 Å². The third-order valence-corrected chi connectivity index (χ3v) is 5.69. The van der Waals surface area contributed by atoms with Crippen molar-refractivity contribution in [1.82, 2.24) is 4.72 Å². The zero-order valence-corrected chi connectivity index (χ0v) is 11.1. The monoisotopic (exact) mass is 275 g/mol. The zero-order chi connectivity index (χ0) is 12.8. The number of carboxylic acid groups (broad SMARTS) is 1. The highest BCUT2D eigenvalue weighted by Crippen LogP contribution is 2.37. The molecule has 1 heterocycles. The van der Waals surface area contributed by atoms with Crippen LogP contribution in [0.15, 0.2) is 11.0 Å². The molecule has 1 saturated carbocycles. The van der Waals surface area contributed by atoms with Crippen LogP contribution in [0, 0.1) is 6.92 Å². The van der Waals surface area contributed by atoms with Crippen molar-refractivity contribution in [3.05, 3.63) is 15.8 Å². The second kappa shape index (κ2) is 3.79. The van der Waals surface area contributed by atoms with Gasteiger partial charge in [-0.1, -0.05) is 0 Å². The van der Waals surface area contributed by atoms with Gasteiger partial charge in [0, 0.05) is 10.4 Å².